The Labute approximate surface area is 157 Å². The van der Waals surface area contributed by atoms with Crippen molar-refractivity contribution in [1.29, 1.82) is 0 Å². The number of aromatic nitrogens is 2. The average Bonchev–Trinajstić information content (AvgIpc) is 3.25. The number of amides is 1. The molecule has 0 aliphatic carbocycles. The standard InChI is InChI=1S/C20H14BrN3O2/c21-13-5-6-18-15(9-13)12(10-23-18)7-8-22-20(26)19(25)16-11-24-17-4-2-1-3-14(16)17/h1-11,23-24H,(H,22,26)/b8-7-. The molecule has 0 radical (unpaired) electrons. The molecule has 2 heterocycles. The third-order valence-corrected chi connectivity index (χ3v) is 4.69. The summed E-state index contributed by atoms with van der Waals surface area (Å²) in [5, 5.41) is 4.30. The van der Waals surface area contributed by atoms with Crippen LogP contribution >= 0.6 is 15.9 Å². The normalized spacial score (nSPS) is 11.4. The highest BCUT2D eigenvalue weighted by Gasteiger charge is 2.18. The molecular formula is C20H14BrN3O2. The molecule has 0 aliphatic rings. The van der Waals surface area contributed by atoms with Crippen molar-refractivity contribution in [1.82, 2.24) is 15.3 Å². The van der Waals surface area contributed by atoms with E-state index in [1.54, 1.807) is 12.3 Å². The van der Waals surface area contributed by atoms with Crippen molar-refractivity contribution in [3.63, 3.8) is 0 Å². The summed E-state index contributed by atoms with van der Waals surface area (Å²) in [7, 11) is 0. The molecule has 26 heavy (non-hydrogen) atoms. The minimum absolute atomic E-state index is 0.363. The van der Waals surface area contributed by atoms with E-state index in [4.69, 9.17) is 0 Å². The molecule has 0 unspecified atom stereocenters. The highest BCUT2D eigenvalue weighted by molar-refractivity contribution is 9.10. The maximum absolute atomic E-state index is 12.4. The third-order valence-electron chi connectivity index (χ3n) is 4.19. The first kappa shape index (κ1) is 16.4. The van der Waals surface area contributed by atoms with Gasteiger partial charge in [0.15, 0.2) is 0 Å². The fraction of sp³-hybridized carbons (Fsp3) is 0. The zero-order valence-corrected chi connectivity index (χ0v) is 15.1. The Balaban J connectivity index is 1.52. The number of Topliss-reactive ketones (excluding diaryl/α,β-unsaturated/α-hetero) is 1. The van der Waals surface area contributed by atoms with Crippen LogP contribution in [-0.4, -0.2) is 21.7 Å². The summed E-state index contributed by atoms with van der Waals surface area (Å²) in [4.78, 5) is 30.7. The molecule has 0 atom stereocenters. The monoisotopic (exact) mass is 407 g/mol. The lowest BCUT2D eigenvalue weighted by molar-refractivity contribution is -0.116. The fourth-order valence-corrected chi connectivity index (χ4v) is 3.27. The maximum atomic E-state index is 12.4. The summed E-state index contributed by atoms with van der Waals surface area (Å²) < 4.78 is 0.970. The summed E-state index contributed by atoms with van der Waals surface area (Å²) in [6.07, 6.45) is 6.65. The van der Waals surface area contributed by atoms with Gasteiger partial charge in [-0.15, -0.1) is 0 Å². The predicted molar refractivity (Wildman–Crippen MR) is 106 cm³/mol. The minimum Gasteiger partial charge on any atom is -0.361 e. The second-order valence-corrected chi connectivity index (χ2v) is 6.73. The quantitative estimate of drug-likeness (QED) is 0.346. The fourth-order valence-electron chi connectivity index (χ4n) is 2.91. The Morgan fingerprint density at radius 2 is 1.73 bits per heavy atom. The Bertz CT molecular complexity index is 1170. The molecule has 6 heteroatoms. The van der Waals surface area contributed by atoms with Crippen LogP contribution < -0.4 is 5.32 Å². The Kier molecular flexibility index (Phi) is 4.18. The number of fused-ring (bicyclic) bond motifs is 2. The van der Waals surface area contributed by atoms with Crippen LogP contribution in [0.2, 0.25) is 0 Å². The van der Waals surface area contributed by atoms with E-state index >= 15 is 0 Å². The van der Waals surface area contributed by atoms with Gasteiger partial charge in [0.25, 0.3) is 11.7 Å². The number of aromatic amines is 2. The number of carbonyl (C=O) groups is 2. The second-order valence-electron chi connectivity index (χ2n) is 5.82. The van der Waals surface area contributed by atoms with Gasteiger partial charge in [-0.25, -0.2) is 0 Å². The van der Waals surface area contributed by atoms with Crippen LogP contribution in [0.25, 0.3) is 27.9 Å². The van der Waals surface area contributed by atoms with Crippen molar-refractivity contribution in [2.45, 2.75) is 0 Å². The van der Waals surface area contributed by atoms with Gasteiger partial charge in [-0.3, -0.25) is 9.59 Å². The van der Waals surface area contributed by atoms with E-state index in [2.05, 4.69) is 31.2 Å². The van der Waals surface area contributed by atoms with Crippen LogP contribution in [0.4, 0.5) is 0 Å². The van der Waals surface area contributed by atoms with E-state index in [9.17, 15) is 9.59 Å². The van der Waals surface area contributed by atoms with Crippen LogP contribution in [0.3, 0.4) is 0 Å². The zero-order chi connectivity index (χ0) is 18.1. The summed E-state index contributed by atoms with van der Waals surface area (Å²) in [6, 6.07) is 13.3. The van der Waals surface area contributed by atoms with Crippen molar-refractivity contribution < 1.29 is 9.59 Å². The van der Waals surface area contributed by atoms with Crippen molar-refractivity contribution >= 4 is 55.5 Å². The molecule has 0 fully saturated rings. The van der Waals surface area contributed by atoms with Crippen molar-refractivity contribution in [3.8, 4) is 0 Å². The van der Waals surface area contributed by atoms with Crippen LogP contribution in [-0.2, 0) is 4.79 Å². The molecule has 128 valence electrons. The number of ketones is 1. The predicted octanol–water partition coefficient (Wildman–Crippen LogP) is 4.38. The van der Waals surface area contributed by atoms with Crippen LogP contribution in [0.15, 0.2) is 65.5 Å². The first-order chi connectivity index (χ1) is 12.6. The first-order valence-electron chi connectivity index (χ1n) is 7.98. The van der Waals surface area contributed by atoms with Gasteiger partial charge < -0.3 is 15.3 Å². The molecule has 4 aromatic rings. The summed E-state index contributed by atoms with van der Waals surface area (Å²) in [5.41, 5.74) is 3.10. The second kappa shape index (κ2) is 6.65. The largest absolute Gasteiger partial charge is 0.361 e. The van der Waals surface area contributed by atoms with Crippen molar-refractivity contribution in [2.75, 3.05) is 0 Å². The van der Waals surface area contributed by atoms with E-state index < -0.39 is 11.7 Å². The number of hydrogen-bond acceptors (Lipinski definition) is 2. The first-order valence-corrected chi connectivity index (χ1v) is 8.77. The van der Waals surface area contributed by atoms with Crippen molar-refractivity contribution in [2.24, 2.45) is 0 Å². The van der Waals surface area contributed by atoms with E-state index in [0.717, 1.165) is 31.8 Å². The molecule has 2 aromatic heterocycles. The molecule has 2 aromatic carbocycles. The van der Waals surface area contributed by atoms with Crippen LogP contribution in [0.5, 0.6) is 0 Å². The van der Waals surface area contributed by atoms with Gasteiger partial charge >= 0.3 is 0 Å². The number of benzene rings is 2. The maximum Gasteiger partial charge on any atom is 0.296 e. The van der Waals surface area contributed by atoms with E-state index in [1.165, 1.54) is 6.20 Å². The van der Waals surface area contributed by atoms with E-state index in [0.29, 0.717) is 5.56 Å². The summed E-state index contributed by atoms with van der Waals surface area (Å²) in [6.45, 7) is 0. The van der Waals surface area contributed by atoms with E-state index in [1.807, 2.05) is 48.7 Å². The number of carbonyl (C=O) groups excluding carboxylic acids is 2. The van der Waals surface area contributed by atoms with Gasteiger partial charge in [0.2, 0.25) is 0 Å². The highest BCUT2D eigenvalue weighted by atomic mass is 79.9. The summed E-state index contributed by atoms with van der Waals surface area (Å²) in [5.74, 6) is -1.25. The molecule has 1 amide bonds. The van der Waals surface area contributed by atoms with Crippen molar-refractivity contribution in [3.05, 3.63) is 76.7 Å². The number of halogens is 1. The lowest BCUT2D eigenvalue weighted by Crippen LogP contribution is -2.26. The van der Waals surface area contributed by atoms with Gasteiger partial charge in [0.05, 0.1) is 5.56 Å². The van der Waals surface area contributed by atoms with Gasteiger partial charge in [0.1, 0.15) is 0 Å². The molecule has 3 N–H and O–H groups in total. The molecule has 4 rings (SSSR count). The Hall–Kier alpha value is -3.12. The molecule has 5 nitrogen and oxygen atoms in total. The van der Waals surface area contributed by atoms with E-state index in [-0.39, 0.29) is 0 Å². The van der Waals surface area contributed by atoms with Gasteiger partial charge in [-0.2, -0.15) is 0 Å². The molecule has 0 spiro atoms. The molecule has 0 bridgehead atoms. The number of nitrogens with one attached hydrogen (secondary N) is 3. The minimum atomic E-state index is -0.674. The Morgan fingerprint density at radius 3 is 2.62 bits per heavy atom. The third kappa shape index (κ3) is 2.95. The Morgan fingerprint density at radius 1 is 0.962 bits per heavy atom. The topological polar surface area (TPSA) is 77.8 Å². The van der Waals surface area contributed by atoms with Crippen LogP contribution in [0, 0.1) is 0 Å². The smallest absolute Gasteiger partial charge is 0.296 e. The number of H-pyrrole nitrogens is 2. The lowest BCUT2D eigenvalue weighted by atomic mass is 10.1. The molecule has 0 aliphatic heterocycles. The van der Waals surface area contributed by atoms with Gasteiger partial charge in [-0.05, 0) is 30.3 Å². The average molecular weight is 408 g/mol. The highest BCUT2D eigenvalue weighted by Crippen LogP contribution is 2.23. The number of hydrogen-bond donors (Lipinski definition) is 3. The summed E-state index contributed by atoms with van der Waals surface area (Å²) >= 11 is 3.45. The van der Waals surface area contributed by atoms with Gasteiger partial charge in [-0.1, -0.05) is 34.1 Å². The SMILES string of the molecule is O=C(N/C=C\c1c[nH]c2ccc(Br)cc12)C(=O)c1c[nH]c2ccccc12. The van der Waals surface area contributed by atoms with Gasteiger partial charge in [0, 0.05) is 50.4 Å². The molecule has 0 saturated carbocycles. The number of para-hydroxylation sites is 1. The molecule has 0 saturated heterocycles. The number of rotatable bonds is 4. The zero-order valence-electron chi connectivity index (χ0n) is 13.5. The molecular weight excluding hydrogens is 394 g/mol. The van der Waals surface area contributed by atoms with Crippen LogP contribution in [0.1, 0.15) is 15.9 Å². The lowest BCUT2D eigenvalue weighted by Gasteiger charge is -1.99.